The lowest BCUT2D eigenvalue weighted by Crippen LogP contribution is -2.50. The maximum atomic E-state index is 12.6. The first-order valence-electron chi connectivity index (χ1n) is 10.8. The Morgan fingerprint density at radius 3 is 2.06 bits per heavy atom. The number of rotatable bonds is 8. The molecular formula is C23H30N4O4S. The van der Waals surface area contributed by atoms with Crippen molar-refractivity contribution in [2.75, 3.05) is 51.1 Å². The molecule has 0 bridgehead atoms. The number of sulfonamides is 1. The predicted octanol–water partition coefficient (Wildman–Crippen LogP) is 2.11. The summed E-state index contributed by atoms with van der Waals surface area (Å²) in [6.45, 7) is 6.99. The molecule has 1 saturated heterocycles. The van der Waals surface area contributed by atoms with E-state index < -0.39 is 10.0 Å². The molecular weight excluding hydrogens is 428 g/mol. The third kappa shape index (κ3) is 5.73. The monoisotopic (exact) mass is 458 g/mol. The maximum absolute atomic E-state index is 12.6. The molecule has 2 aromatic rings. The molecule has 32 heavy (non-hydrogen) atoms. The van der Waals surface area contributed by atoms with Crippen LogP contribution in [0.3, 0.4) is 0 Å². The summed E-state index contributed by atoms with van der Waals surface area (Å²) in [6.07, 6.45) is 0. The average Bonchev–Trinajstić information content (AvgIpc) is 2.80. The first kappa shape index (κ1) is 23.9. The van der Waals surface area contributed by atoms with E-state index in [4.69, 9.17) is 0 Å². The minimum atomic E-state index is -3.52. The Kier molecular flexibility index (Phi) is 8.00. The van der Waals surface area contributed by atoms with Crippen LogP contribution in [0.2, 0.25) is 0 Å². The van der Waals surface area contributed by atoms with Crippen molar-refractivity contribution in [2.24, 2.45) is 0 Å². The van der Waals surface area contributed by atoms with Gasteiger partial charge in [-0.25, -0.2) is 8.42 Å². The molecule has 3 rings (SSSR count). The lowest BCUT2D eigenvalue weighted by molar-refractivity contribution is -0.117. The van der Waals surface area contributed by atoms with Gasteiger partial charge in [0.05, 0.1) is 11.4 Å². The smallest absolute Gasteiger partial charge is 0.253 e. The molecule has 0 spiro atoms. The van der Waals surface area contributed by atoms with Crippen molar-refractivity contribution in [3.63, 3.8) is 0 Å². The number of carbonyl (C=O) groups is 2. The fourth-order valence-corrected chi connectivity index (χ4v) is 5.16. The summed E-state index contributed by atoms with van der Waals surface area (Å²) >= 11 is 0. The second-order valence-corrected chi connectivity index (χ2v) is 9.53. The fourth-order valence-electron chi connectivity index (χ4n) is 3.70. The van der Waals surface area contributed by atoms with E-state index >= 15 is 0 Å². The number of nitrogens with zero attached hydrogens (tertiary/aromatic N) is 3. The molecule has 0 unspecified atom stereocenters. The van der Waals surface area contributed by atoms with Gasteiger partial charge in [-0.15, -0.1) is 0 Å². The third-order valence-corrected chi connectivity index (χ3v) is 7.59. The van der Waals surface area contributed by atoms with Crippen LogP contribution in [-0.4, -0.2) is 80.2 Å². The van der Waals surface area contributed by atoms with Crippen LogP contribution in [0.4, 0.5) is 5.69 Å². The van der Waals surface area contributed by atoms with Crippen LogP contribution in [0.15, 0.2) is 59.5 Å². The first-order chi connectivity index (χ1) is 15.3. The van der Waals surface area contributed by atoms with Crippen molar-refractivity contribution in [1.29, 1.82) is 0 Å². The second kappa shape index (κ2) is 10.7. The molecule has 2 aromatic carbocycles. The van der Waals surface area contributed by atoms with Crippen LogP contribution >= 0.6 is 0 Å². The zero-order valence-electron chi connectivity index (χ0n) is 18.5. The van der Waals surface area contributed by atoms with Gasteiger partial charge in [-0.1, -0.05) is 32.0 Å². The molecule has 0 radical (unpaired) electrons. The summed E-state index contributed by atoms with van der Waals surface area (Å²) in [5, 5.41) is 2.82. The molecule has 0 saturated carbocycles. The Morgan fingerprint density at radius 2 is 1.50 bits per heavy atom. The van der Waals surface area contributed by atoms with Crippen molar-refractivity contribution >= 4 is 27.5 Å². The molecule has 9 heteroatoms. The van der Waals surface area contributed by atoms with Gasteiger partial charge in [-0.05, 0) is 36.4 Å². The van der Waals surface area contributed by atoms with Gasteiger partial charge in [-0.3, -0.25) is 14.5 Å². The number of nitrogens with one attached hydrogen (secondary N) is 1. The Labute approximate surface area is 189 Å². The van der Waals surface area contributed by atoms with Gasteiger partial charge in [-0.2, -0.15) is 4.31 Å². The van der Waals surface area contributed by atoms with Crippen molar-refractivity contribution in [2.45, 2.75) is 18.7 Å². The Hall–Kier alpha value is -2.75. The molecule has 0 aliphatic carbocycles. The van der Waals surface area contributed by atoms with E-state index in [2.05, 4.69) is 5.32 Å². The molecule has 172 valence electrons. The number of piperazine rings is 1. The zero-order valence-corrected chi connectivity index (χ0v) is 19.3. The van der Waals surface area contributed by atoms with Crippen LogP contribution in [0, 0.1) is 0 Å². The molecule has 1 aliphatic heterocycles. The van der Waals surface area contributed by atoms with Gasteiger partial charge >= 0.3 is 0 Å². The van der Waals surface area contributed by atoms with E-state index in [0.29, 0.717) is 50.5 Å². The summed E-state index contributed by atoms with van der Waals surface area (Å²) in [5.74, 6) is -0.165. The molecule has 8 nitrogen and oxygen atoms in total. The van der Waals surface area contributed by atoms with E-state index in [1.807, 2.05) is 23.1 Å². The molecule has 0 aromatic heterocycles. The van der Waals surface area contributed by atoms with Gasteiger partial charge in [0.1, 0.15) is 0 Å². The van der Waals surface area contributed by atoms with Gasteiger partial charge in [0, 0.05) is 50.5 Å². The Balaban J connectivity index is 1.50. The highest BCUT2D eigenvalue weighted by Gasteiger charge is 2.24. The maximum Gasteiger partial charge on any atom is 0.253 e. The highest BCUT2D eigenvalue weighted by atomic mass is 32.2. The Bertz CT molecular complexity index is 1010. The number of amides is 2. The van der Waals surface area contributed by atoms with E-state index in [1.54, 1.807) is 43.0 Å². The number of anilines is 1. The largest absolute Gasteiger partial charge is 0.336 e. The lowest BCUT2D eigenvalue weighted by Gasteiger charge is -2.34. The molecule has 0 atom stereocenters. The zero-order chi connectivity index (χ0) is 23.1. The average molecular weight is 459 g/mol. The van der Waals surface area contributed by atoms with Crippen LogP contribution in [-0.2, 0) is 14.8 Å². The number of hydrogen-bond donors (Lipinski definition) is 1. The van der Waals surface area contributed by atoms with Gasteiger partial charge in [0.15, 0.2) is 0 Å². The normalized spacial score (nSPS) is 15.0. The van der Waals surface area contributed by atoms with E-state index in [1.165, 1.54) is 16.4 Å². The topological polar surface area (TPSA) is 90.0 Å². The van der Waals surface area contributed by atoms with Crippen molar-refractivity contribution in [1.82, 2.24) is 14.1 Å². The molecule has 1 fully saturated rings. The number of carbonyl (C=O) groups excluding carboxylic acids is 2. The summed E-state index contributed by atoms with van der Waals surface area (Å²) < 4.78 is 26.5. The standard InChI is InChI=1S/C23H30N4O4S/c1-3-27(4-2)32(30,31)21-12-10-20(11-13-21)24-22(28)18-25-14-16-26(17-15-25)23(29)19-8-6-5-7-9-19/h5-13H,3-4,14-18H2,1-2H3,(H,24,28). The SMILES string of the molecule is CCN(CC)S(=O)(=O)c1ccc(NC(=O)CN2CCN(C(=O)c3ccccc3)CC2)cc1. The van der Waals surface area contributed by atoms with Crippen LogP contribution in [0.1, 0.15) is 24.2 Å². The van der Waals surface area contributed by atoms with Gasteiger partial charge in [0.25, 0.3) is 5.91 Å². The van der Waals surface area contributed by atoms with Crippen LogP contribution in [0.5, 0.6) is 0 Å². The van der Waals surface area contributed by atoms with Gasteiger partial charge < -0.3 is 10.2 Å². The molecule has 1 aliphatic rings. The Morgan fingerprint density at radius 1 is 0.906 bits per heavy atom. The summed E-state index contributed by atoms with van der Waals surface area (Å²) in [5.41, 5.74) is 1.22. The first-order valence-corrected chi connectivity index (χ1v) is 12.3. The predicted molar refractivity (Wildman–Crippen MR) is 124 cm³/mol. The quantitative estimate of drug-likeness (QED) is 0.654. The highest BCUT2D eigenvalue weighted by molar-refractivity contribution is 7.89. The summed E-state index contributed by atoms with van der Waals surface area (Å²) in [6, 6.07) is 15.4. The number of benzene rings is 2. The van der Waals surface area contributed by atoms with Crippen molar-refractivity contribution < 1.29 is 18.0 Å². The highest BCUT2D eigenvalue weighted by Crippen LogP contribution is 2.18. The van der Waals surface area contributed by atoms with E-state index in [-0.39, 0.29) is 23.3 Å². The van der Waals surface area contributed by atoms with E-state index in [9.17, 15) is 18.0 Å². The fraction of sp³-hybridized carbons (Fsp3) is 0.391. The summed E-state index contributed by atoms with van der Waals surface area (Å²) in [7, 11) is -3.52. The van der Waals surface area contributed by atoms with Crippen LogP contribution < -0.4 is 5.32 Å². The molecule has 1 N–H and O–H groups in total. The van der Waals surface area contributed by atoms with Crippen molar-refractivity contribution in [3.05, 3.63) is 60.2 Å². The van der Waals surface area contributed by atoms with E-state index in [0.717, 1.165) is 0 Å². The lowest BCUT2D eigenvalue weighted by atomic mass is 10.2. The second-order valence-electron chi connectivity index (χ2n) is 7.60. The molecule has 2 amide bonds. The minimum absolute atomic E-state index is 0.00875. The summed E-state index contributed by atoms with van der Waals surface area (Å²) in [4.78, 5) is 29.0. The van der Waals surface area contributed by atoms with Gasteiger partial charge in [0.2, 0.25) is 15.9 Å². The van der Waals surface area contributed by atoms with Crippen molar-refractivity contribution in [3.8, 4) is 0 Å². The minimum Gasteiger partial charge on any atom is -0.336 e. The number of hydrogen-bond acceptors (Lipinski definition) is 5. The molecule has 1 heterocycles. The van der Waals surface area contributed by atoms with Crippen LogP contribution in [0.25, 0.3) is 0 Å². The third-order valence-electron chi connectivity index (χ3n) is 5.53.